The molecule has 3 rings (SSSR count). The highest BCUT2D eigenvalue weighted by Crippen LogP contribution is 2.34. The first kappa shape index (κ1) is 23.9. The standard InChI is InChI=1S/C23H23FN4O4S/c1-23(2,3)19(27-22(29)30)12-15-14-28(33(31,32)16-8-5-4-6-9-16)21(20(15)24)17-10-7-11-26-18(17)13-25/h4-11,14,19,27H,12H2,1-3H3,(H,29,30). The normalized spacial score (nSPS) is 12.7. The summed E-state index contributed by atoms with van der Waals surface area (Å²) in [7, 11) is -4.24. The van der Waals surface area contributed by atoms with Gasteiger partial charge >= 0.3 is 6.09 Å². The summed E-state index contributed by atoms with van der Waals surface area (Å²) in [5.74, 6) is -0.861. The number of carboxylic acid groups (broad SMARTS) is 1. The molecule has 0 aliphatic rings. The number of rotatable bonds is 6. The molecule has 1 unspecified atom stereocenters. The molecule has 1 aromatic carbocycles. The molecule has 1 atom stereocenters. The van der Waals surface area contributed by atoms with Crippen LogP contribution in [-0.2, 0) is 16.4 Å². The summed E-state index contributed by atoms with van der Waals surface area (Å²) < 4.78 is 43.5. The zero-order chi connectivity index (χ0) is 24.4. The van der Waals surface area contributed by atoms with Gasteiger partial charge in [-0.05, 0) is 36.1 Å². The average Bonchev–Trinajstić information content (AvgIpc) is 3.09. The maximum Gasteiger partial charge on any atom is 0.404 e. The van der Waals surface area contributed by atoms with Crippen LogP contribution in [0.15, 0.2) is 59.8 Å². The van der Waals surface area contributed by atoms with Gasteiger partial charge in [-0.2, -0.15) is 5.26 Å². The van der Waals surface area contributed by atoms with Crippen molar-refractivity contribution in [3.63, 3.8) is 0 Å². The van der Waals surface area contributed by atoms with Crippen molar-refractivity contribution in [2.45, 2.75) is 38.1 Å². The van der Waals surface area contributed by atoms with Gasteiger partial charge in [0.25, 0.3) is 10.0 Å². The lowest BCUT2D eigenvalue weighted by Gasteiger charge is -2.30. The van der Waals surface area contributed by atoms with Gasteiger partial charge < -0.3 is 10.4 Å². The predicted molar refractivity (Wildman–Crippen MR) is 119 cm³/mol. The third-order valence-corrected chi connectivity index (χ3v) is 6.89. The summed E-state index contributed by atoms with van der Waals surface area (Å²) in [6.07, 6.45) is 1.12. The van der Waals surface area contributed by atoms with E-state index < -0.39 is 33.4 Å². The highest BCUT2D eigenvalue weighted by Gasteiger charge is 2.32. The van der Waals surface area contributed by atoms with Gasteiger partial charge in [-0.25, -0.2) is 26.6 Å². The zero-order valence-corrected chi connectivity index (χ0v) is 19.1. The number of nitrogens with zero attached hydrogens (tertiary/aromatic N) is 3. The fourth-order valence-corrected chi connectivity index (χ4v) is 4.83. The second-order valence-electron chi connectivity index (χ2n) is 8.51. The van der Waals surface area contributed by atoms with Crippen LogP contribution in [0.2, 0.25) is 0 Å². The topological polar surface area (TPSA) is 125 Å². The van der Waals surface area contributed by atoms with Crippen LogP contribution in [0.3, 0.4) is 0 Å². The van der Waals surface area contributed by atoms with Crippen molar-refractivity contribution in [3.8, 4) is 17.3 Å². The van der Waals surface area contributed by atoms with Crippen molar-refractivity contribution in [2.75, 3.05) is 0 Å². The highest BCUT2D eigenvalue weighted by atomic mass is 32.2. The third kappa shape index (κ3) is 4.88. The molecule has 2 heterocycles. The molecule has 10 heteroatoms. The van der Waals surface area contributed by atoms with Gasteiger partial charge in [0.1, 0.15) is 17.5 Å². The Hall–Kier alpha value is -3.71. The van der Waals surface area contributed by atoms with Gasteiger partial charge in [0.05, 0.1) is 4.90 Å². The summed E-state index contributed by atoms with van der Waals surface area (Å²) in [5, 5.41) is 21.1. The Morgan fingerprint density at radius 1 is 1.24 bits per heavy atom. The van der Waals surface area contributed by atoms with Crippen molar-refractivity contribution in [3.05, 3.63) is 71.9 Å². The van der Waals surface area contributed by atoms with Gasteiger partial charge in [0.2, 0.25) is 0 Å². The number of nitrogens with one attached hydrogen (secondary N) is 1. The number of pyridine rings is 1. The first-order valence-corrected chi connectivity index (χ1v) is 11.5. The number of halogens is 1. The summed E-state index contributed by atoms with van der Waals surface area (Å²) in [6.45, 7) is 5.37. The molecule has 8 nitrogen and oxygen atoms in total. The zero-order valence-electron chi connectivity index (χ0n) is 18.3. The smallest absolute Gasteiger partial charge is 0.404 e. The van der Waals surface area contributed by atoms with E-state index in [2.05, 4.69) is 10.3 Å². The number of hydrogen-bond donors (Lipinski definition) is 2. The first-order valence-electron chi connectivity index (χ1n) is 10.0. The van der Waals surface area contributed by atoms with Gasteiger partial charge in [0.15, 0.2) is 5.82 Å². The van der Waals surface area contributed by atoms with Crippen LogP contribution in [0.5, 0.6) is 0 Å². The molecule has 172 valence electrons. The summed E-state index contributed by atoms with van der Waals surface area (Å²) in [5.41, 5.74) is -1.05. The van der Waals surface area contributed by atoms with E-state index in [1.165, 1.54) is 30.5 Å². The number of carbonyl (C=O) groups is 1. The van der Waals surface area contributed by atoms with Crippen LogP contribution < -0.4 is 5.32 Å². The van der Waals surface area contributed by atoms with E-state index in [9.17, 15) is 23.6 Å². The van der Waals surface area contributed by atoms with Crippen molar-refractivity contribution in [2.24, 2.45) is 5.41 Å². The lowest BCUT2D eigenvalue weighted by Crippen LogP contribution is -2.44. The SMILES string of the molecule is CC(C)(C)C(Cc1cn(S(=O)(=O)c2ccccc2)c(-c2cccnc2C#N)c1F)NC(=O)O. The highest BCUT2D eigenvalue weighted by molar-refractivity contribution is 7.90. The number of amides is 1. The van der Waals surface area contributed by atoms with Crippen LogP contribution >= 0.6 is 0 Å². The quantitative estimate of drug-likeness (QED) is 0.560. The van der Waals surface area contributed by atoms with Crippen molar-refractivity contribution < 1.29 is 22.7 Å². The van der Waals surface area contributed by atoms with Crippen LogP contribution in [0.25, 0.3) is 11.3 Å². The van der Waals surface area contributed by atoms with Gasteiger partial charge in [-0.1, -0.05) is 39.0 Å². The molecule has 33 heavy (non-hydrogen) atoms. The fourth-order valence-electron chi connectivity index (χ4n) is 3.41. The minimum Gasteiger partial charge on any atom is -0.465 e. The van der Waals surface area contributed by atoms with Crippen molar-refractivity contribution >= 4 is 16.1 Å². The number of nitriles is 1. The lowest BCUT2D eigenvalue weighted by molar-refractivity contribution is 0.174. The largest absolute Gasteiger partial charge is 0.465 e. The van der Waals surface area contributed by atoms with E-state index in [-0.39, 0.29) is 33.8 Å². The maximum absolute atomic E-state index is 15.8. The van der Waals surface area contributed by atoms with Crippen molar-refractivity contribution in [1.29, 1.82) is 5.26 Å². The Balaban J connectivity index is 2.27. The lowest BCUT2D eigenvalue weighted by atomic mass is 9.83. The van der Waals surface area contributed by atoms with Crippen LogP contribution in [-0.4, -0.2) is 34.6 Å². The van der Waals surface area contributed by atoms with E-state index >= 15 is 4.39 Å². The molecule has 0 aliphatic heterocycles. The van der Waals surface area contributed by atoms with Crippen LogP contribution in [0.4, 0.5) is 9.18 Å². The predicted octanol–water partition coefficient (Wildman–Crippen LogP) is 4.02. The Labute approximate surface area is 191 Å². The number of benzene rings is 1. The second-order valence-corrected chi connectivity index (χ2v) is 10.3. The summed E-state index contributed by atoms with van der Waals surface area (Å²) in [6, 6.07) is 11.6. The van der Waals surface area contributed by atoms with Gasteiger partial charge in [0, 0.05) is 29.6 Å². The molecule has 0 radical (unpaired) electrons. The maximum atomic E-state index is 15.8. The third-order valence-electron chi connectivity index (χ3n) is 5.22. The number of hydrogen-bond acceptors (Lipinski definition) is 5. The average molecular weight is 471 g/mol. The van der Waals surface area contributed by atoms with E-state index in [0.717, 1.165) is 10.2 Å². The molecular formula is C23H23FN4O4S. The molecule has 2 N–H and O–H groups in total. The molecule has 3 aromatic rings. The molecule has 0 saturated heterocycles. The van der Waals surface area contributed by atoms with Crippen LogP contribution in [0.1, 0.15) is 32.0 Å². The summed E-state index contributed by atoms with van der Waals surface area (Å²) in [4.78, 5) is 15.2. The Morgan fingerprint density at radius 3 is 2.48 bits per heavy atom. The number of aromatic nitrogens is 2. The molecule has 0 saturated carbocycles. The monoisotopic (exact) mass is 470 g/mol. The molecule has 0 fully saturated rings. The van der Waals surface area contributed by atoms with Crippen molar-refractivity contribution in [1.82, 2.24) is 14.3 Å². The van der Waals surface area contributed by atoms with Gasteiger partial charge in [-0.15, -0.1) is 0 Å². The minimum absolute atomic E-state index is 0.00840. The van der Waals surface area contributed by atoms with E-state index in [1.807, 2.05) is 6.07 Å². The van der Waals surface area contributed by atoms with Crippen LogP contribution in [0, 0.1) is 22.6 Å². The second kappa shape index (κ2) is 9.03. The first-order chi connectivity index (χ1) is 15.5. The minimum atomic E-state index is -4.24. The molecule has 2 aromatic heterocycles. The molecule has 0 aliphatic carbocycles. The molecule has 1 amide bonds. The molecule has 0 spiro atoms. The Bertz CT molecular complexity index is 1320. The Kier molecular flexibility index (Phi) is 6.56. The summed E-state index contributed by atoms with van der Waals surface area (Å²) >= 11 is 0. The van der Waals surface area contributed by atoms with Gasteiger partial charge in [-0.3, -0.25) is 0 Å². The van der Waals surface area contributed by atoms with E-state index in [0.29, 0.717) is 0 Å². The Morgan fingerprint density at radius 2 is 1.91 bits per heavy atom. The van der Waals surface area contributed by atoms with E-state index in [4.69, 9.17) is 0 Å². The van der Waals surface area contributed by atoms with E-state index in [1.54, 1.807) is 39.0 Å². The molecule has 0 bridgehead atoms. The fraction of sp³-hybridized carbons (Fsp3) is 0.261. The molecular weight excluding hydrogens is 447 g/mol.